The molecule has 0 fully saturated rings. The number of benzene rings is 2. The van der Waals surface area contributed by atoms with Crippen molar-refractivity contribution in [2.75, 3.05) is 17.7 Å². The molecule has 26 heavy (non-hydrogen) atoms. The zero-order valence-electron chi connectivity index (χ0n) is 14.3. The summed E-state index contributed by atoms with van der Waals surface area (Å²) < 4.78 is 19.0. The average molecular weight is 352 g/mol. The number of aromatic nitrogens is 2. The molecule has 0 bridgehead atoms. The van der Waals surface area contributed by atoms with Crippen molar-refractivity contribution < 1.29 is 13.9 Å². The molecule has 132 valence electrons. The van der Waals surface area contributed by atoms with Gasteiger partial charge in [-0.05, 0) is 36.8 Å². The second-order valence-corrected chi connectivity index (χ2v) is 5.55. The number of amides is 1. The Kier molecular flexibility index (Phi) is 5.07. The van der Waals surface area contributed by atoms with Gasteiger partial charge in [0.05, 0.1) is 18.5 Å². The van der Waals surface area contributed by atoms with E-state index in [1.54, 1.807) is 30.3 Å². The number of hydrogen-bond donors (Lipinski definition) is 2. The molecule has 1 aromatic heterocycles. The van der Waals surface area contributed by atoms with E-state index in [4.69, 9.17) is 4.74 Å². The standard InChI is InChI=1S/C19H17FN4O2/c1-12-7-8-17(26-2)15(9-12)24-19(25)16-10-18(22-11-21-16)23-14-6-4-3-5-13(14)20/h3-11H,1-2H3,(H,24,25)(H,21,22,23). The maximum Gasteiger partial charge on any atom is 0.274 e. The number of nitrogens with zero attached hydrogens (tertiary/aromatic N) is 2. The van der Waals surface area contributed by atoms with Crippen LogP contribution in [0.15, 0.2) is 54.9 Å². The van der Waals surface area contributed by atoms with E-state index in [1.165, 1.54) is 25.6 Å². The van der Waals surface area contributed by atoms with Crippen molar-refractivity contribution in [2.24, 2.45) is 0 Å². The van der Waals surface area contributed by atoms with Gasteiger partial charge in [-0.3, -0.25) is 4.79 Å². The first-order valence-corrected chi connectivity index (χ1v) is 7.86. The van der Waals surface area contributed by atoms with Crippen LogP contribution in [0.1, 0.15) is 16.1 Å². The average Bonchev–Trinajstić information content (AvgIpc) is 2.64. The first-order chi connectivity index (χ1) is 12.6. The lowest BCUT2D eigenvalue weighted by atomic mass is 10.2. The lowest BCUT2D eigenvalue weighted by Crippen LogP contribution is -2.15. The van der Waals surface area contributed by atoms with Gasteiger partial charge in [-0.1, -0.05) is 18.2 Å². The molecule has 0 radical (unpaired) electrons. The molecular weight excluding hydrogens is 335 g/mol. The van der Waals surface area contributed by atoms with Crippen molar-refractivity contribution >= 4 is 23.1 Å². The monoisotopic (exact) mass is 352 g/mol. The van der Waals surface area contributed by atoms with Gasteiger partial charge in [-0.15, -0.1) is 0 Å². The van der Waals surface area contributed by atoms with Crippen LogP contribution in [0, 0.1) is 12.7 Å². The van der Waals surface area contributed by atoms with Crippen LogP contribution in [-0.2, 0) is 0 Å². The van der Waals surface area contributed by atoms with Crippen molar-refractivity contribution in [3.05, 3.63) is 71.9 Å². The van der Waals surface area contributed by atoms with Crippen LogP contribution in [0.4, 0.5) is 21.6 Å². The second kappa shape index (κ2) is 7.60. The Morgan fingerprint density at radius 2 is 1.88 bits per heavy atom. The number of rotatable bonds is 5. The van der Waals surface area contributed by atoms with Crippen molar-refractivity contribution in [3.8, 4) is 5.75 Å². The molecule has 6 nitrogen and oxygen atoms in total. The Morgan fingerprint density at radius 1 is 1.08 bits per heavy atom. The maximum atomic E-state index is 13.7. The molecule has 0 aliphatic carbocycles. The van der Waals surface area contributed by atoms with Crippen LogP contribution >= 0.6 is 0 Å². The molecular formula is C19H17FN4O2. The summed E-state index contributed by atoms with van der Waals surface area (Å²) in [7, 11) is 1.53. The fourth-order valence-corrected chi connectivity index (χ4v) is 2.36. The molecule has 0 aliphatic heterocycles. The topological polar surface area (TPSA) is 76.1 Å². The van der Waals surface area contributed by atoms with Crippen LogP contribution < -0.4 is 15.4 Å². The number of ether oxygens (including phenoxy) is 1. The van der Waals surface area contributed by atoms with Crippen LogP contribution in [-0.4, -0.2) is 23.0 Å². The zero-order valence-corrected chi connectivity index (χ0v) is 14.3. The predicted molar refractivity (Wildman–Crippen MR) is 97.4 cm³/mol. The van der Waals surface area contributed by atoms with Crippen LogP contribution in [0.3, 0.4) is 0 Å². The SMILES string of the molecule is COc1ccc(C)cc1NC(=O)c1cc(Nc2ccccc2F)ncn1. The number of para-hydroxylation sites is 1. The highest BCUT2D eigenvalue weighted by Gasteiger charge is 2.13. The molecule has 0 atom stereocenters. The molecule has 7 heteroatoms. The van der Waals surface area contributed by atoms with Gasteiger partial charge in [0.15, 0.2) is 0 Å². The molecule has 0 saturated heterocycles. The molecule has 3 rings (SSSR count). The van der Waals surface area contributed by atoms with Gasteiger partial charge in [0.2, 0.25) is 0 Å². The first-order valence-electron chi connectivity index (χ1n) is 7.86. The Labute approximate surface area is 150 Å². The van der Waals surface area contributed by atoms with E-state index in [0.717, 1.165) is 5.56 Å². The number of hydrogen-bond acceptors (Lipinski definition) is 5. The number of methoxy groups -OCH3 is 1. The molecule has 0 aliphatic rings. The summed E-state index contributed by atoms with van der Waals surface area (Å²) in [6.45, 7) is 1.91. The smallest absolute Gasteiger partial charge is 0.274 e. The highest BCUT2D eigenvalue weighted by atomic mass is 19.1. The predicted octanol–water partition coefficient (Wildman–Crippen LogP) is 3.93. The van der Waals surface area contributed by atoms with E-state index in [1.807, 2.05) is 13.0 Å². The third-order valence-electron chi connectivity index (χ3n) is 3.64. The van der Waals surface area contributed by atoms with E-state index >= 15 is 0 Å². The normalized spacial score (nSPS) is 10.3. The van der Waals surface area contributed by atoms with Crippen LogP contribution in [0.5, 0.6) is 5.75 Å². The number of aryl methyl sites for hydroxylation is 1. The Hall–Kier alpha value is -3.48. The highest BCUT2D eigenvalue weighted by Crippen LogP contribution is 2.26. The van der Waals surface area contributed by atoms with Gasteiger partial charge in [0.25, 0.3) is 5.91 Å². The number of halogens is 1. The Bertz CT molecular complexity index is 946. The number of carbonyl (C=O) groups is 1. The lowest BCUT2D eigenvalue weighted by Gasteiger charge is -2.11. The van der Waals surface area contributed by atoms with Gasteiger partial charge in [0.1, 0.15) is 29.4 Å². The molecule has 0 unspecified atom stereocenters. The molecule has 1 amide bonds. The molecule has 0 spiro atoms. The molecule has 1 heterocycles. The second-order valence-electron chi connectivity index (χ2n) is 5.55. The van der Waals surface area contributed by atoms with Gasteiger partial charge in [0, 0.05) is 6.07 Å². The summed E-state index contributed by atoms with van der Waals surface area (Å²) in [4.78, 5) is 20.5. The highest BCUT2D eigenvalue weighted by molar-refractivity contribution is 6.04. The maximum absolute atomic E-state index is 13.7. The summed E-state index contributed by atoms with van der Waals surface area (Å²) in [6, 6.07) is 13.1. The van der Waals surface area contributed by atoms with Gasteiger partial charge in [-0.2, -0.15) is 0 Å². The van der Waals surface area contributed by atoms with Gasteiger partial charge < -0.3 is 15.4 Å². The fraction of sp³-hybridized carbons (Fsp3) is 0.105. The van der Waals surface area contributed by atoms with Crippen LogP contribution in [0.2, 0.25) is 0 Å². The summed E-state index contributed by atoms with van der Waals surface area (Å²) in [5.41, 5.74) is 1.92. The Balaban J connectivity index is 1.81. The van der Waals surface area contributed by atoms with E-state index in [-0.39, 0.29) is 11.4 Å². The molecule has 0 saturated carbocycles. The van der Waals surface area contributed by atoms with Crippen molar-refractivity contribution in [1.82, 2.24) is 9.97 Å². The quantitative estimate of drug-likeness (QED) is 0.728. The Morgan fingerprint density at radius 3 is 2.65 bits per heavy atom. The molecule has 2 N–H and O–H groups in total. The van der Waals surface area contributed by atoms with E-state index < -0.39 is 11.7 Å². The van der Waals surface area contributed by atoms with Crippen molar-refractivity contribution in [3.63, 3.8) is 0 Å². The summed E-state index contributed by atoms with van der Waals surface area (Å²) >= 11 is 0. The first kappa shape index (κ1) is 17.3. The third kappa shape index (κ3) is 3.94. The molecule has 3 aromatic rings. The number of carbonyl (C=O) groups excluding carboxylic acids is 1. The molecule has 2 aromatic carbocycles. The zero-order chi connectivity index (χ0) is 18.5. The minimum atomic E-state index is -0.423. The van der Waals surface area contributed by atoms with Crippen molar-refractivity contribution in [2.45, 2.75) is 6.92 Å². The summed E-state index contributed by atoms with van der Waals surface area (Å²) in [5.74, 6) is 0.0173. The van der Waals surface area contributed by atoms with E-state index in [0.29, 0.717) is 17.3 Å². The fourth-order valence-electron chi connectivity index (χ4n) is 2.36. The summed E-state index contributed by atoms with van der Waals surface area (Å²) in [6.07, 6.45) is 1.24. The third-order valence-corrected chi connectivity index (χ3v) is 3.64. The summed E-state index contributed by atoms with van der Waals surface area (Å²) in [5, 5.41) is 5.60. The van der Waals surface area contributed by atoms with Gasteiger partial charge in [-0.25, -0.2) is 14.4 Å². The van der Waals surface area contributed by atoms with Crippen molar-refractivity contribution in [1.29, 1.82) is 0 Å². The minimum absolute atomic E-state index is 0.141. The number of nitrogens with one attached hydrogen (secondary N) is 2. The lowest BCUT2D eigenvalue weighted by molar-refractivity contribution is 0.102. The van der Waals surface area contributed by atoms with E-state index in [9.17, 15) is 9.18 Å². The largest absolute Gasteiger partial charge is 0.495 e. The minimum Gasteiger partial charge on any atom is -0.495 e. The van der Waals surface area contributed by atoms with E-state index in [2.05, 4.69) is 20.6 Å². The van der Waals surface area contributed by atoms with Crippen LogP contribution in [0.25, 0.3) is 0 Å². The number of anilines is 3. The van der Waals surface area contributed by atoms with Gasteiger partial charge >= 0.3 is 0 Å².